The molecule has 0 radical (unpaired) electrons. The number of rotatable bonds is 5. The molecule has 30 heavy (non-hydrogen) atoms. The minimum absolute atomic E-state index is 0.0579. The zero-order valence-electron chi connectivity index (χ0n) is 15.2. The van der Waals surface area contributed by atoms with Gasteiger partial charge in [0.05, 0.1) is 5.92 Å². The molecule has 1 aliphatic rings. The van der Waals surface area contributed by atoms with Crippen molar-refractivity contribution in [1.82, 2.24) is 20.2 Å². The molecular formula is C18H16F3N5O4. The molecule has 4 N–H and O–H groups in total. The number of nitrogens with two attached hydrogens (primary N) is 1. The van der Waals surface area contributed by atoms with Gasteiger partial charge in [0, 0.05) is 24.2 Å². The molecule has 1 fully saturated rings. The number of β-lactam (4-membered cyclic amide) rings is 1. The number of carbonyl (C=O) groups excluding carboxylic acids is 2. The summed E-state index contributed by atoms with van der Waals surface area (Å²) in [7, 11) is 0. The number of imide groups is 1. The quantitative estimate of drug-likeness (QED) is 0.620. The van der Waals surface area contributed by atoms with Gasteiger partial charge in [0.15, 0.2) is 12.1 Å². The Balaban J connectivity index is 1.79. The fourth-order valence-corrected chi connectivity index (χ4v) is 3.23. The van der Waals surface area contributed by atoms with Crippen LogP contribution in [-0.4, -0.2) is 50.1 Å². The summed E-state index contributed by atoms with van der Waals surface area (Å²) in [6.45, 7) is 0. The van der Waals surface area contributed by atoms with Crippen LogP contribution in [-0.2, 0) is 16.0 Å². The molecule has 3 heterocycles. The van der Waals surface area contributed by atoms with E-state index in [0.29, 0.717) is 5.56 Å². The summed E-state index contributed by atoms with van der Waals surface area (Å²) in [6, 6.07) is -0.205. The highest BCUT2D eigenvalue weighted by molar-refractivity contribution is 6.07. The van der Waals surface area contributed by atoms with Crippen molar-refractivity contribution in [3.8, 4) is 0 Å². The zero-order valence-corrected chi connectivity index (χ0v) is 15.2. The molecule has 3 rings (SSSR count). The Morgan fingerprint density at radius 3 is 2.60 bits per heavy atom. The Hall–Kier alpha value is -3.70. The van der Waals surface area contributed by atoms with Gasteiger partial charge in [-0.05, 0) is 30.2 Å². The number of aliphatic carboxylic acids is 1. The first kappa shape index (κ1) is 21.0. The number of amides is 3. The number of carbonyl (C=O) groups is 3. The molecule has 0 aromatic carbocycles. The summed E-state index contributed by atoms with van der Waals surface area (Å²) < 4.78 is 40.3. The first-order valence-electron chi connectivity index (χ1n) is 8.63. The average molecular weight is 423 g/mol. The number of hydrogen-bond donors (Lipinski definition) is 3. The highest BCUT2D eigenvalue weighted by Crippen LogP contribution is 2.35. The van der Waals surface area contributed by atoms with E-state index in [1.165, 1.54) is 30.6 Å². The predicted molar refractivity (Wildman–Crippen MR) is 95.7 cm³/mol. The second-order valence-electron chi connectivity index (χ2n) is 6.60. The Morgan fingerprint density at radius 2 is 2.03 bits per heavy atom. The number of pyridine rings is 2. The van der Waals surface area contributed by atoms with Crippen molar-refractivity contribution in [3.63, 3.8) is 0 Å². The van der Waals surface area contributed by atoms with Crippen LogP contribution in [0.25, 0.3) is 0 Å². The molecule has 0 unspecified atom stereocenters. The lowest BCUT2D eigenvalue weighted by atomic mass is 9.82. The number of likely N-dealkylation sites (tertiary alicyclic amines) is 1. The normalized spacial score (nSPS) is 19.7. The maximum atomic E-state index is 13.4. The van der Waals surface area contributed by atoms with E-state index in [2.05, 4.69) is 9.97 Å². The van der Waals surface area contributed by atoms with Gasteiger partial charge in [-0.2, -0.15) is 13.2 Å². The lowest BCUT2D eigenvalue weighted by Crippen LogP contribution is -2.69. The number of nitrogens with zero attached hydrogens (tertiary/aromatic N) is 3. The van der Waals surface area contributed by atoms with Gasteiger partial charge in [-0.15, -0.1) is 0 Å². The minimum Gasteiger partial charge on any atom is -0.480 e. The highest BCUT2D eigenvalue weighted by Gasteiger charge is 2.56. The molecule has 0 aliphatic carbocycles. The molecule has 1 saturated heterocycles. The van der Waals surface area contributed by atoms with Crippen LogP contribution in [0.3, 0.4) is 0 Å². The fraction of sp³-hybridized carbons (Fsp3) is 0.278. The van der Waals surface area contributed by atoms with E-state index >= 15 is 0 Å². The number of anilines is 1. The van der Waals surface area contributed by atoms with Crippen molar-refractivity contribution in [1.29, 1.82) is 0 Å². The molecule has 2 aromatic heterocycles. The van der Waals surface area contributed by atoms with Gasteiger partial charge < -0.3 is 16.2 Å². The number of halogens is 3. The maximum absolute atomic E-state index is 13.4. The second-order valence-corrected chi connectivity index (χ2v) is 6.60. The summed E-state index contributed by atoms with van der Waals surface area (Å²) >= 11 is 0. The van der Waals surface area contributed by atoms with Gasteiger partial charge in [-0.3, -0.25) is 9.78 Å². The topological polar surface area (TPSA) is 139 Å². The lowest BCUT2D eigenvalue weighted by molar-refractivity contribution is -0.168. The predicted octanol–water partition coefficient (Wildman–Crippen LogP) is 1.53. The van der Waals surface area contributed by atoms with Crippen LogP contribution in [0.2, 0.25) is 0 Å². The number of nitrogens with one attached hydrogen (secondary N) is 1. The third kappa shape index (κ3) is 4.16. The van der Waals surface area contributed by atoms with E-state index in [-0.39, 0.29) is 22.7 Å². The van der Waals surface area contributed by atoms with Crippen LogP contribution in [0.1, 0.15) is 17.2 Å². The van der Waals surface area contributed by atoms with Gasteiger partial charge in [0.1, 0.15) is 5.82 Å². The first-order chi connectivity index (χ1) is 14.1. The van der Waals surface area contributed by atoms with Crippen LogP contribution in [0.4, 0.5) is 23.8 Å². The highest BCUT2D eigenvalue weighted by atomic mass is 19.4. The summed E-state index contributed by atoms with van der Waals surface area (Å²) in [5.74, 6) is -3.38. The molecule has 2 aromatic rings. The van der Waals surface area contributed by atoms with Crippen molar-refractivity contribution in [3.05, 3.63) is 54.0 Å². The molecule has 1 aliphatic heterocycles. The number of hydrogen-bond acceptors (Lipinski definition) is 6. The molecule has 12 heteroatoms. The zero-order chi connectivity index (χ0) is 22.1. The number of urea groups is 1. The van der Waals surface area contributed by atoms with E-state index in [4.69, 9.17) is 5.73 Å². The van der Waals surface area contributed by atoms with Gasteiger partial charge in [0.2, 0.25) is 5.91 Å². The van der Waals surface area contributed by atoms with E-state index in [0.717, 1.165) is 12.3 Å². The van der Waals surface area contributed by atoms with Gasteiger partial charge in [0.25, 0.3) is 0 Å². The number of aromatic nitrogens is 2. The number of carboxylic acid groups (broad SMARTS) is 1. The molecule has 0 spiro atoms. The summed E-state index contributed by atoms with van der Waals surface area (Å²) in [5, 5.41) is 11.1. The van der Waals surface area contributed by atoms with Crippen molar-refractivity contribution in [2.24, 2.45) is 5.92 Å². The van der Waals surface area contributed by atoms with E-state index in [1.54, 1.807) is 5.32 Å². The number of alkyl halides is 3. The SMILES string of the molecule is Nc1cc(C[C@H]2C(=O)N(C(=O)N[C@@H](c3cccnc3)C(F)(F)F)[C@@H]2C(=O)O)ccn1. The van der Waals surface area contributed by atoms with Crippen LogP contribution in [0, 0.1) is 5.92 Å². The van der Waals surface area contributed by atoms with E-state index in [9.17, 15) is 32.7 Å². The van der Waals surface area contributed by atoms with Crippen molar-refractivity contribution < 1.29 is 32.7 Å². The molecule has 0 bridgehead atoms. The third-order valence-corrected chi connectivity index (χ3v) is 4.60. The van der Waals surface area contributed by atoms with Crippen molar-refractivity contribution in [2.75, 3.05) is 5.73 Å². The van der Waals surface area contributed by atoms with E-state index < -0.39 is 42.1 Å². The number of nitrogen functional groups attached to an aromatic ring is 1. The standard InChI is InChI=1S/C18H16F3N5O4/c19-18(20,21)14(10-2-1-4-23-8-10)25-17(30)26-13(16(28)29)11(15(26)27)6-9-3-5-24-12(22)7-9/h1-5,7-8,11,13-14H,6H2,(H2,22,24)(H,25,30)(H,28,29)/t11-,13+,14+/m1/s1. The molecule has 3 atom stereocenters. The largest absolute Gasteiger partial charge is 0.480 e. The molecular weight excluding hydrogens is 407 g/mol. The first-order valence-corrected chi connectivity index (χ1v) is 8.63. The Kier molecular flexibility index (Phi) is 5.58. The van der Waals surface area contributed by atoms with Gasteiger partial charge >= 0.3 is 18.2 Å². The Bertz CT molecular complexity index is 970. The molecule has 9 nitrogen and oxygen atoms in total. The molecule has 0 saturated carbocycles. The molecule has 3 amide bonds. The minimum atomic E-state index is -4.89. The molecule has 158 valence electrons. The van der Waals surface area contributed by atoms with E-state index in [1.807, 2.05) is 0 Å². The van der Waals surface area contributed by atoms with Crippen LogP contribution < -0.4 is 11.1 Å². The van der Waals surface area contributed by atoms with Gasteiger partial charge in [-0.1, -0.05) is 6.07 Å². The number of carboxylic acids is 1. The third-order valence-electron chi connectivity index (χ3n) is 4.60. The van der Waals surface area contributed by atoms with Crippen LogP contribution in [0.5, 0.6) is 0 Å². The Labute approximate surface area is 167 Å². The summed E-state index contributed by atoms with van der Waals surface area (Å²) in [5.41, 5.74) is 5.70. The monoisotopic (exact) mass is 423 g/mol. The lowest BCUT2D eigenvalue weighted by Gasteiger charge is -2.43. The smallest absolute Gasteiger partial charge is 0.412 e. The van der Waals surface area contributed by atoms with Crippen LogP contribution >= 0.6 is 0 Å². The van der Waals surface area contributed by atoms with Crippen molar-refractivity contribution in [2.45, 2.75) is 24.7 Å². The maximum Gasteiger partial charge on any atom is 0.412 e. The van der Waals surface area contributed by atoms with Crippen LogP contribution in [0.15, 0.2) is 42.9 Å². The van der Waals surface area contributed by atoms with Gasteiger partial charge in [-0.25, -0.2) is 19.5 Å². The summed E-state index contributed by atoms with van der Waals surface area (Å²) in [6.07, 6.45) is -1.40. The fourth-order valence-electron chi connectivity index (χ4n) is 3.23. The van der Waals surface area contributed by atoms with Crippen molar-refractivity contribution >= 4 is 23.7 Å². The second kappa shape index (κ2) is 7.97. The average Bonchev–Trinajstić information content (AvgIpc) is 2.67. The summed E-state index contributed by atoms with van der Waals surface area (Å²) in [4.78, 5) is 44.1. The Morgan fingerprint density at radius 1 is 1.30 bits per heavy atom.